The van der Waals surface area contributed by atoms with Crippen molar-refractivity contribution in [2.24, 2.45) is 0 Å². The van der Waals surface area contributed by atoms with Crippen LogP contribution in [0.25, 0.3) is 0 Å². The Morgan fingerprint density at radius 1 is 0.607 bits per heavy atom. The van der Waals surface area contributed by atoms with Crippen LogP contribution in [0.3, 0.4) is 0 Å². The molecule has 2 fully saturated rings. The Labute approximate surface area is 198 Å². The maximum Gasteiger partial charge on any atom is 0.218 e. The molecule has 2 aliphatic rings. The van der Waals surface area contributed by atoms with E-state index in [0.717, 1.165) is 24.0 Å². The summed E-state index contributed by atoms with van der Waals surface area (Å²) in [5, 5.41) is 20.7. The third kappa shape index (κ3) is 4.30. The van der Waals surface area contributed by atoms with Crippen molar-refractivity contribution in [3.63, 3.8) is 0 Å². The van der Waals surface area contributed by atoms with Gasteiger partial charge in [-0.05, 0) is 0 Å². The first-order chi connectivity index (χ1) is 13.1. The second-order valence-corrected chi connectivity index (χ2v) is 14.2. The molecule has 0 aromatic heterocycles. The van der Waals surface area contributed by atoms with Crippen molar-refractivity contribution in [2.45, 2.75) is 30.9 Å². The van der Waals surface area contributed by atoms with Gasteiger partial charge in [-0.15, -0.1) is 0 Å². The van der Waals surface area contributed by atoms with Gasteiger partial charge in [-0.2, -0.15) is 0 Å². The third-order valence-electron chi connectivity index (χ3n) is 4.78. The molecule has 2 aromatic rings. The van der Waals surface area contributed by atoms with Gasteiger partial charge in [-0.3, -0.25) is 0 Å². The van der Waals surface area contributed by atoms with Crippen LogP contribution in [0.1, 0.15) is 24.0 Å². The van der Waals surface area contributed by atoms with Crippen LogP contribution in [-0.4, -0.2) is 29.9 Å². The number of hydrogen-bond donors (Lipinski definition) is 2. The van der Waals surface area contributed by atoms with Crippen molar-refractivity contribution in [1.29, 1.82) is 0 Å². The van der Waals surface area contributed by atoms with Gasteiger partial charge in [-0.1, -0.05) is 124 Å². The summed E-state index contributed by atoms with van der Waals surface area (Å²) in [6, 6.07) is 18.7. The van der Waals surface area contributed by atoms with Gasteiger partial charge in [0, 0.05) is 24.0 Å². The smallest absolute Gasteiger partial charge is 0.218 e. The monoisotopic (exact) mass is 640 g/mol. The van der Waals surface area contributed by atoms with Crippen molar-refractivity contribution in [3.8, 4) is 0 Å². The maximum absolute atomic E-state index is 10.4. The minimum absolute atomic E-state index is 0.530. The molecule has 0 spiro atoms. The van der Waals surface area contributed by atoms with Gasteiger partial charge in [0.15, 0.2) is 0 Å². The summed E-state index contributed by atoms with van der Waals surface area (Å²) in [5.74, 6) is -2.57. The molecular weight excluding hydrogens is 624 g/mol. The Hall–Kier alpha value is 0.200. The molecule has 0 amide bonds. The lowest BCUT2D eigenvalue weighted by molar-refractivity contribution is -0.179. The molecule has 0 bridgehead atoms. The summed E-state index contributed by atoms with van der Waals surface area (Å²) in [4.78, 5) is 0. The number of rotatable bonds is 2. The van der Waals surface area contributed by atoms with Gasteiger partial charge < -0.3 is 19.7 Å². The van der Waals surface area contributed by atoms with Crippen LogP contribution in [-0.2, 0) is 21.0 Å². The summed E-state index contributed by atoms with van der Waals surface area (Å²) < 4.78 is 9.63. The molecule has 2 saturated heterocycles. The Morgan fingerprint density at radius 3 is 1.18 bits per heavy atom. The predicted molar refractivity (Wildman–Crippen MR) is 123 cm³/mol. The van der Waals surface area contributed by atoms with Crippen LogP contribution in [0.15, 0.2) is 60.7 Å². The highest BCUT2D eigenvalue weighted by Crippen LogP contribution is 2.52. The van der Waals surface area contributed by atoms with Gasteiger partial charge in [0.1, 0.15) is 6.47 Å². The Kier molecular flexibility index (Phi) is 7.15. The first kappa shape index (κ1) is 22.9. The number of halogens is 4. The lowest BCUT2D eigenvalue weighted by Crippen LogP contribution is -2.39. The quantitative estimate of drug-likeness (QED) is 0.426. The van der Waals surface area contributed by atoms with E-state index in [1.807, 2.05) is 60.7 Å². The Balaban J connectivity index is 0.000000161. The van der Waals surface area contributed by atoms with Crippen molar-refractivity contribution in [3.05, 3.63) is 71.8 Å². The van der Waals surface area contributed by atoms with Gasteiger partial charge in [0.05, 0.1) is 13.2 Å². The van der Waals surface area contributed by atoms with Crippen LogP contribution in [0.4, 0.5) is 0 Å². The van der Waals surface area contributed by atoms with Crippen molar-refractivity contribution >= 4 is 63.7 Å². The van der Waals surface area contributed by atoms with Crippen molar-refractivity contribution in [2.75, 3.05) is 13.2 Å². The zero-order valence-electron chi connectivity index (χ0n) is 14.8. The summed E-state index contributed by atoms with van der Waals surface area (Å²) in [6.07, 6.45) is 1.44. The molecule has 2 heterocycles. The molecule has 28 heavy (non-hydrogen) atoms. The van der Waals surface area contributed by atoms with E-state index in [-0.39, 0.29) is 0 Å². The summed E-state index contributed by atoms with van der Waals surface area (Å²) >= 11 is 13.8. The molecule has 0 unspecified atom stereocenters. The molecule has 4 nitrogen and oxygen atoms in total. The maximum atomic E-state index is 10.4. The zero-order valence-corrected chi connectivity index (χ0v) is 21.2. The summed E-state index contributed by atoms with van der Waals surface area (Å²) in [7, 11) is 0. The highest BCUT2D eigenvalue weighted by Gasteiger charge is 2.54. The Morgan fingerprint density at radius 2 is 0.929 bits per heavy atom. The SMILES string of the molecule is O[C@@]1(c2ccccc2)OCCC1(Br)Br.O[C@]1(c2ccccc2)OCCC1(Br)Br. The second kappa shape index (κ2) is 8.75. The van der Waals surface area contributed by atoms with E-state index in [2.05, 4.69) is 63.7 Å². The molecule has 2 atom stereocenters. The average molecular weight is 644 g/mol. The number of hydrogen-bond acceptors (Lipinski definition) is 4. The summed E-state index contributed by atoms with van der Waals surface area (Å²) in [6.45, 7) is 1.06. The fraction of sp³-hybridized carbons (Fsp3) is 0.400. The minimum Gasteiger partial charge on any atom is -0.360 e. The van der Waals surface area contributed by atoms with Crippen LogP contribution >= 0.6 is 63.7 Å². The molecule has 2 N–H and O–H groups in total. The molecular formula is C20H20Br4O4. The highest BCUT2D eigenvalue weighted by molar-refractivity contribution is 9.25. The minimum atomic E-state index is -1.28. The average Bonchev–Trinajstić information content (AvgIpc) is 3.12. The first-order valence-corrected chi connectivity index (χ1v) is 11.9. The van der Waals surface area contributed by atoms with E-state index in [1.165, 1.54) is 0 Å². The number of ether oxygens (including phenoxy) is 2. The molecule has 152 valence electrons. The normalized spacial score (nSPS) is 30.5. The van der Waals surface area contributed by atoms with Gasteiger partial charge >= 0.3 is 0 Å². The van der Waals surface area contributed by atoms with E-state index < -0.39 is 18.0 Å². The highest BCUT2D eigenvalue weighted by atomic mass is 79.9. The largest absolute Gasteiger partial charge is 0.360 e. The fourth-order valence-corrected chi connectivity index (χ4v) is 5.14. The van der Waals surface area contributed by atoms with Gasteiger partial charge in [-0.25, -0.2) is 0 Å². The lowest BCUT2D eigenvalue weighted by atomic mass is 10.0. The first-order valence-electron chi connectivity index (χ1n) is 8.72. The molecule has 4 rings (SSSR count). The van der Waals surface area contributed by atoms with E-state index in [0.29, 0.717) is 13.2 Å². The molecule has 0 aliphatic carbocycles. The second-order valence-electron chi connectivity index (χ2n) is 6.63. The standard InChI is InChI=1S/2C10H10Br2O2/c2*11-9(12)6-7-14-10(9,13)8-4-2-1-3-5-8/h2*1-5,13H,6-7H2/t2*10-/m10/s1. The van der Waals surface area contributed by atoms with E-state index >= 15 is 0 Å². The molecule has 2 aliphatic heterocycles. The molecule has 0 radical (unpaired) electrons. The molecule has 2 aromatic carbocycles. The number of alkyl halides is 4. The zero-order chi connectivity index (χ0) is 20.5. The number of aliphatic hydroxyl groups is 2. The predicted octanol–water partition coefficient (Wildman–Crippen LogP) is 5.48. The van der Waals surface area contributed by atoms with Crippen molar-refractivity contribution < 1.29 is 19.7 Å². The van der Waals surface area contributed by atoms with Gasteiger partial charge in [0.25, 0.3) is 0 Å². The fourth-order valence-electron chi connectivity index (χ4n) is 3.12. The van der Waals surface area contributed by atoms with E-state index in [4.69, 9.17) is 9.47 Å². The van der Waals surface area contributed by atoms with E-state index in [1.54, 1.807) is 0 Å². The van der Waals surface area contributed by atoms with Crippen LogP contribution in [0.5, 0.6) is 0 Å². The third-order valence-corrected chi connectivity index (χ3v) is 8.51. The molecule has 0 saturated carbocycles. The van der Waals surface area contributed by atoms with Crippen LogP contribution in [0.2, 0.25) is 0 Å². The van der Waals surface area contributed by atoms with Crippen molar-refractivity contribution in [1.82, 2.24) is 0 Å². The van der Waals surface area contributed by atoms with Gasteiger partial charge in [0.2, 0.25) is 11.6 Å². The topological polar surface area (TPSA) is 58.9 Å². The van der Waals surface area contributed by atoms with Crippen LogP contribution < -0.4 is 0 Å². The number of benzene rings is 2. The Bertz CT molecular complexity index is 720. The molecule has 8 heteroatoms. The van der Waals surface area contributed by atoms with Crippen LogP contribution in [0, 0.1) is 0 Å². The summed E-state index contributed by atoms with van der Waals surface area (Å²) in [5.41, 5.74) is 1.51. The lowest BCUT2D eigenvalue weighted by Gasteiger charge is -2.31. The van der Waals surface area contributed by atoms with E-state index in [9.17, 15) is 10.2 Å².